The first-order valence-corrected chi connectivity index (χ1v) is 17.6. The van der Waals surface area contributed by atoms with Gasteiger partial charge in [-0.3, -0.25) is 0 Å². The molecule has 0 unspecified atom stereocenters. The van der Waals surface area contributed by atoms with E-state index < -0.39 is 0 Å². The summed E-state index contributed by atoms with van der Waals surface area (Å²) < 4.78 is 0. The van der Waals surface area contributed by atoms with Crippen molar-refractivity contribution in [2.75, 3.05) is 4.90 Å². The normalized spacial score (nSPS) is 22.7. The molecule has 0 heterocycles. The van der Waals surface area contributed by atoms with E-state index in [9.17, 15) is 0 Å². The van der Waals surface area contributed by atoms with Gasteiger partial charge in [0.1, 0.15) is 0 Å². The van der Waals surface area contributed by atoms with Gasteiger partial charge in [-0.1, -0.05) is 127 Å². The molecule has 4 bridgehead atoms. The highest BCUT2D eigenvalue weighted by molar-refractivity contribution is 5.82. The van der Waals surface area contributed by atoms with Crippen LogP contribution in [-0.2, 0) is 0 Å². The lowest BCUT2D eigenvalue weighted by Crippen LogP contribution is -2.44. The Morgan fingerprint density at radius 2 is 0.702 bits per heavy atom. The van der Waals surface area contributed by atoms with Gasteiger partial charge in [0.05, 0.1) is 0 Å². The molecule has 6 aromatic rings. The minimum Gasteiger partial charge on any atom is -0.310 e. The van der Waals surface area contributed by atoms with Crippen LogP contribution in [0.2, 0.25) is 0 Å². The number of hydrogen-bond acceptors (Lipinski definition) is 1. The third kappa shape index (κ3) is 5.38. The minimum atomic E-state index is 0.660. The largest absolute Gasteiger partial charge is 0.310 e. The van der Waals surface area contributed by atoms with Crippen LogP contribution < -0.4 is 4.90 Å². The van der Waals surface area contributed by atoms with Crippen LogP contribution in [-0.4, -0.2) is 0 Å². The molecule has 4 saturated carbocycles. The summed E-state index contributed by atoms with van der Waals surface area (Å²) in [5.41, 5.74) is 12.8. The molecule has 0 saturated heterocycles. The lowest BCUT2D eigenvalue weighted by molar-refractivity contribution is -0.00259. The molecule has 4 fully saturated rings. The summed E-state index contributed by atoms with van der Waals surface area (Å²) in [5.74, 6) is 4.26. The molecule has 0 amide bonds. The summed E-state index contributed by atoms with van der Waals surface area (Å²) in [7, 11) is 0. The van der Waals surface area contributed by atoms with Crippen LogP contribution in [0.15, 0.2) is 158 Å². The smallest absolute Gasteiger partial charge is 0.0496 e. The first-order chi connectivity index (χ1) is 23.3. The van der Waals surface area contributed by atoms with E-state index in [0.717, 1.165) is 23.7 Å². The van der Waals surface area contributed by atoms with E-state index in [2.05, 4.69) is 163 Å². The van der Waals surface area contributed by atoms with E-state index >= 15 is 0 Å². The predicted octanol–water partition coefficient (Wildman–Crippen LogP) is 12.7. The van der Waals surface area contributed by atoms with Crippen molar-refractivity contribution in [1.82, 2.24) is 0 Å². The Labute approximate surface area is 279 Å². The summed E-state index contributed by atoms with van der Waals surface area (Å²) >= 11 is 0. The van der Waals surface area contributed by atoms with Gasteiger partial charge in [0.2, 0.25) is 0 Å². The lowest BCUT2D eigenvalue weighted by atomic mass is 9.50. The van der Waals surface area contributed by atoms with Gasteiger partial charge < -0.3 is 4.90 Å². The van der Waals surface area contributed by atoms with E-state index in [-0.39, 0.29) is 0 Å². The fourth-order valence-electron chi connectivity index (χ4n) is 9.56. The fourth-order valence-corrected chi connectivity index (χ4v) is 9.56. The number of rotatable bonds is 7. The zero-order valence-electron chi connectivity index (χ0n) is 26.9. The second kappa shape index (κ2) is 12.0. The molecule has 1 heteroatoms. The Kier molecular flexibility index (Phi) is 7.27. The second-order valence-electron chi connectivity index (χ2n) is 14.3. The maximum atomic E-state index is 2.53. The monoisotopic (exact) mass is 607 g/mol. The van der Waals surface area contributed by atoms with Gasteiger partial charge in [-0.15, -0.1) is 0 Å². The van der Waals surface area contributed by atoms with E-state index in [1.54, 1.807) is 5.56 Å². The number of anilines is 3. The van der Waals surface area contributed by atoms with Gasteiger partial charge in [-0.2, -0.15) is 0 Å². The van der Waals surface area contributed by atoms with Crippen LogP contribution in [0.4, 0.5) is 17.1 Å². The van der Waals surface area contributed by atoms with Gasteiger partial charge in [0.15, 0.2) is 0 Å². The molecule has 0 radical (unpaired) electrons. The van der Waals surface area contributed by atoms with Gasteiger partial charge in [0.25, 0.3) is 0 Å². The minimum absolute atomic E-state index is 0.660. The molecule has 0 N–H and O–H groups in total. The lowest BCUT2D eigenvalue weighted by Gasteiger charge is -2.55. The van der Waals surface area contributed by atoms with Crippen LogP contribution in [0.5, 0.6) is 0 Å². The van der Waals surface area contributed by atoms with Crippen molar-refractivity contribution in [1.29, 1.82) is 0 Å². The van der Waals surface area contributed by atoms with Crippen LogP contribution in [0.1, 0.15) is 43.6 Å². The number of para-hydroxylation sites is 1. The van der Waals surface area contributed by atoms with E-state index in [0.29, 0.717) is 5.92 Å². The quantitative estimate of drug-likeness (QED) is 0.174. The fraction of sp³-hybridized carbons (Fsp3) is 0.217. The van der Waals surface area contributed by atoms with E-state index in [1.807, 2.05) is 0 Å². The average Bonchev–Trinajstić information content (AvgIpc) is 3.13. The summed E-state index contributed by atoms with van der Waals surface area (Å²) in [5, 5.41) is 0. The molecule has 1 nitrogen and oxygen atoms in total. The summed E-state index contributed by atoms with van der Waals surface area (Å²) in [6.07, 6.45) is 7.19. The van der Waals surface area contributed by atoms with Gasteiger partial charge >= 0.3 is 0 Å². The molecule has 4 aliphatic rings. The molecule has 230 valence electrons. The first-order valence-electron chi connectivity index (χ1n) is 17.6. The molecule has 0 aliphatic heterocycles. The Morgan fingerprint density at radius 1 is 0.340 bits per heavy atom. The third-order valence-electron chi connectivity index (χ3n) is 11.4. The SMILES string of the molecule is c1ccc(-c2ccc(-c3ccc(N(c4ccc(-c5ccccc5)cc4)c4ccccc4C4C5CC6CC(C5)CC4C6)cc3)cc2)cc1. The van der Waals surface area contributed by atoms with Crippen molar-refractivity contribution in [3.8, 4) is 33.4 Å². The maximum Gasteiger partial charge on any atom is 0.0496 e. The van der Waals surface area contributed by atoms with Crippen molar-refractivity contribution in [2.24, 2.45) is 23.7 Å². The molecule has 0 aromatic heterocycles. The molecular weight excluding hydrogens is 567 g/mol. The molecule has 0 atom stereocenters. The molecule has 4 aliphatic carbocycles. The topological polar surface area (TPSA) is 3.24 Å². The molecule has 47 heavy (non-hydrogen) atoms. The zero-order chi connectivity index (χ0) is 31.2. The number of hydrogen-bond donors (Lipinski definition) is 0. The highest BCUT2D eigenvalue weighted by Crippen LogP contribution is 2.61. The zero-order valence-corrected chi connectivity index (χ0v) is 26.9. The van der Waals surface area contributed by atoms with Crippen molar-refractivity contribution in [3.63, 3.8) is 0 Å². The van der Waals surface area contributed by atoms with Crippen LogP contribution in [0.3, 0.4) is 0 Å². The van der Waals surface area contributed by atoms with E-state index in [4.69, 9.17) is 0 Å². The Balaban J connectivity index is 1.10. The van der Waals surface area contributed by atoms with Crippen molar-refractivity contribution in [2.45, 2.75) is 38.0 Å². The first kappa shape index (κ1) is 28.4. The summed E-state index contributed by atoms with van der Waals surface area (Å²) in [6.45, 7) is 0. The molecule has 0 spiro atoms. The molecule has 6 aromatic carbocycles. The van der Waals surface area contributed by atoms with Crippen molar-refractivity contribution >= 4 is 17.1 Å². The third-order valence-corrected chi connectivity index (χ3v) is 11.4. The average molecular weight is 608 g/mol. The molecule has 10 rings (SSSR count). The number of nitrogens with zero attached hydrogens (tertiary/aromatic N) is 1. The Morgan fingerprint density at radius 3 is 1.15 bits per heavy atom. The van der Waals surface area contributed by atoms with Gasteiger partial charge in [-0.25, -0.2) is 0 Å². The summed E-state index contributed by atoms with van der Waals surface area (Å²) in [4.78, 5) is 2.53. The van der Waals surface area contributed by atoms with Gasteiger partial charge in [0, 0.05) is 17.1 Å². The second-order valence-corrected chi connectivity index (χ2v) is 14.3. The molecular formula is C46H41N. The predicted molar refractivity (Wildman–Crippen MR) is 197 cm³/mol. The van der Waals surface area contributed by atoms with Crippen LogP contribution in [0.25, 0.3) is 33.4 Å². The standard InChI is InChI=1S/C46H41N/c1-3-9-34(10-4-1)36-15-17-37(18-16-36)39-21-25-43(26-22-39)47(42-23-19-38(20-24-42)35-11-5-2-6-12-35)45-14-8-7-13-44(45)46-40-28-32-27-33(30-40)31-41(46)29-32/h1-26,32-33,40-41,46H,27-31H2. The number of benzene rings is 6. The Bertz CT molecular complexity index is 1930. The van der Waals surface area contributed by atoms with Crippen molar-refractivity contribution in [3.05, 3.63) is 163 Å². The maximum absolute atomic E-state index is 2.53. The van der Waals surface area contributed by atoms with Crippen molar-refractivity contribution < 1.29 is 0 Å². The van der Waals surface area contributed by atoms with E-state index in [1.165, 1.54) is 82.5 Å². The summed E-state index contributed by atoms with van der Waals surface area (Å²) in [6, 6.07) is 58.1. The van der Waals surface area contributed by atoms with Crippen LogP contribution >= 0.6 is 0 Å². The highest BCUT2D eigenvalue weighted by atomic mass is 15.1. The Hall–Kier alpha value is -4.88. The van der Waals surface area contributed by atoms with Crippen LogP contribution in [0, 0.1) is 23.7 Å². The highest BCUT2D eigenvalue weighted by Gasteiger charge is 2.49. The van der Waals surface area contributed by atoms with Gasteiger partial charge in [-0.05, 0) is 131 Å².